The third-order valence-corrected chi connectivity index (χ3v) is 6.74. The number of benzene rings is 2. The smallest absolute Gasteiger partial charge is 0.264 e. The second-order valence-electron chi connectivity index (χ2n) is 7.81. The lowest BCUT2D eigenvalue weighted by atomic mass is 10.1. The summed E-state index contributed by atoms with van der Waals surface area (Å²) in [5.41, 5.74) is 1.32. The highest BCUT2D eigenvalue weighted by Gasteiger charge is 2.34. The summed E-state index contributed by atoms with van der Waals surface area (Å²) in [6.45, 7) is 0.734. The van der Waals surface area contributed by atoms with E-state index in [1.54, 1.807) is 23.1 Å². The first-order valence-corrected chi connectivity index (χ1v) is 12.0. The van der Waals surface area contributed by atoms with Gasteiger partial charge in [-0.1, -0.05) is 12.1 Å². The number of carbonyl (C=O) groups is 2. The van der Waals surface area contributed by atoms with E-state index in [1.165, 1.54) is 48.8 Å². The number of carbonyl (C=O) groups excluding carboxylic acids is 2. The molecule has 1 unspecified atom stereocenters. The molecule has 2 aromatic carbocycles. The number of amides is 2. The van der Waals surface area contributed by atoms with Crippen molar-refractivity contribution in [2.45, 2.75) is 17.7 Å². The third kappa shape index (κ3) is 5.73. The van der Waals surface area contributed by atoms with Crippen molar-refractivity contribution in [1.29, 1.82) is 0 Å². The van der Waals surface area contributed by atoms with Gasteiger partial charge in [-0.05, 0) is 54.4 Å². The first kappa shape index (κ1) is 23.3. The molecule has 0 aliphatic carbocycles. The molecule has 1 aliphatic heterocycles. The van der Waals surface area contributed by atoms with E-state index < -0.39 is 15.9 Å². The molecule has 1 aromatic heterocycles. The van der Waals surface area contributed by atoms with Crippen LogP contribution in [0.25, 0.3) is 0 Å². The second kappa shape index (κ2) is 9.96. The molecule has 3 aromatic rings. The van der Waals surface area contributed by atoms with Crippen LogP contribution in [0.5, 0.6) is 0 Å². The van der Waals surface area contributed by atoms with Crippen molar-refractivity contribution in [1.82, 2.24) is 14.9 Å². The van der Waals surface area contributed by atoms with E-state index in [-0.39, 0.29) is 34.9 Å². The molecule has 0 saturated carbocycles. The van der Waals surface area contributed by atoms with Crippen LogP contribution >= 0.6 is 0 Å². The van der Waals surface area contributed by atoms with E-state index in [9.17, 15) is 22.4 Å². The molecule has 9 nitrogen and oxygen atoms in total. The van der Waals surface area contributed by atoms with Crippen LogP contribution < -0.4 is 10.0 Å². The summed E-state index contributed by atoms with van der Waals surface area (Å²) in [6.07, 6.45) is 3.50. The number of nitrogens with one attached hydrogen (secondary N) is 2. The number of rotatable bonds is 8. The van der Waals surface area contributed by atoms with Crippen molar-refractivity contribution in [3.63, 3.8) is 0 Å². The van der Waals surface area contributed by atoms with Gasteiger partial charge in [0.2, 0.25) is 17.8 Å². The molecule has 1 fully saturated rings. The van der Waals surface area contributed by atoms with Crippen molar-refractivity contribution < 1.29 is 22.4 Å². The molecule has 34 heavy (non-hydrogen) atoms. The van der Waals surface area contributed by atoms with Gasteiger partial charge in [-0.15, -0.1) is 0 Å². The SMILES string of the molecule is O=C(Nc1ccc(S(=O)(=O)Nc2ncccn2)cc1)C1CC(=O)N(CCc2ccc(F)cc2)C1. The van der Waals surface area contributed by atoms with Gasteiger partial charge in [0.05, 0.1) is 10.8 Å². The molecule has 1 atom stereocenters. The monoisotopic (exact) mass is 483 g/mol. The fraction of sp³-hybridized carbons (Fsp3) is 0.217. The Balaban J connectivity index is 1.32. The molecule has 0 spiro atoms. The van der Waals surface area contributed by atoms with Crippen molar-refractivity contribution >= 4 is 33.5 Å². The Bertz CT molecular complexity index is 1270. The van der Waals surface area contributed by atoms with Gasteiger partial charge in [-0.3, -0.25) is 9.59 Å². The van der Waals surface area contributed by atoms with Crippen LogP contribution in [0.15, 0.2) is 71.9 Å². The van der Waals surface area contributed by atoms with Crippen molar-refractivity contribution in [2.24, 2.45) is 5.92 Å². The first-order chi connectivity index (χ1) is 16.3. The van der Waals surface area contributed by atoms with Gasteiger partial charge in [0.15, 0.2) is 0 Å². The number of halogens is 1. The highest BCUT2D eigenvalue weighted by Crippen LogP contribution is 2.22. The van der Waals surface area contributed by atoms with Crippen LogP contribution in [0.3, 0.4) is 0 Å². The Kier molecular flexibility index (Phi) is 6.82. The Morgan fingerprint density at radius 3 is 2.41 bits per heavy atom. The van der Waals surface area contributed by atoms with Crippen LogP contribution in [0.2, 0.25) is 0 Å². The summed E-state index contributed by atoms with van der Waals surface area (Å²) < 4.78 is 40.2. The molecule has 1 aliphatic rings. The van der Waals surface area contributed by atoms with Crippen LogP contribution in [-0.4, -0.2) is 48.2 Å². The maximum atomic E-state index is 13.0. The van der Waals surface area contributed by atoms with Crippen LogP contribution in [0, 0.1) is 11.7 Å². The average molecular weight is 484 g/mol. The quantitative estimate of drug-likeness (QED) is 0.508. The number of nitrogens with zero attached hydrogens (tertiary/aromatic N) is 3. The fourth-order valence-electron chi connectivity index (χ4n) is 3.57. The molecule has 2 N–H and O–H groups in total. The van der Waals surface area contributed by atoms with Crippen LogP contribution in [-0.2, 0) is 26.0 Å². The predicted molar refractivity (Wildman–Crippen MR) is 123 cm³/mol. The van der Waals surface area contributed by atoms with Gasteiger partial charge in [0.25, 0.3) is 10.0 Å². The molecule has 4 rings (SSSR count). The molecule has 11 heteroatoms. The third-order valence-electron chi connectivity index (χ3n) is 5.39. The number of anilines is 2. The summed E-state index contributed by atoms with van der Waals surface area (Å²) in [7, 11) is -3.88. The van der Waals surface area contributed by atoms with Gasteiger partial charge < -0.3 is 10.2 Å². The lowest BCUT2D eigenvalue weighted by Gasteiger charge is -2.16. The van der Waals surface area contributed by atoms with E-state index in [4.69, 9.17) is 0 Å². The zero-order valence-corrected chi connectivity index (χ0v) is 18.8. The minimum atomic E-state index is -3.88. The van der Waals surface area contributed by atoms with E-state index in [1.807, 2.05) is 0 Å². The maximum absolute atomic E-state index is 13.0. The highest BCUT2D eigenvalue weighted by atomic mass is 32.2. The normalized spacial score (nSPS) is 15.9. The maximum Gasteiger partial charge on any atom is 0.264 e. The van der Waals surface area contributed by atoms with Gasteiger partial charge in [0, 0.05) is 37.6 Å². The summed E-state index contributed by atoms with van der Waals surface area (Å²) >= 11 is 0. The van der Waals surface area contributed by atoms with Crippen LogP contribution in [0.4, 0.5) is 16.0 Å². The number of sulfonamides is 1. The van der Waals surface area contributed by atoms with Gasteiger partial charge in [-0.25, -0.2) is 27.5 Å². The van der Waals surface area contributed by atoms with Crippen molar-refractivity contribution in [3.8, 4) is 0 Å². The Hall–Kier alpha value is -3.86. The molecule has 2 amide bonds. The molecule has 2 heterocycles. The molecule has 176 valence electrons. The number of likely N-dealkylation sites (tertiary alicyclic amines) is 1. The van der Waals surface area contributed by atoms with Gasteiger partial charge in [0.1, 0.15) is 5.82 Å². The summed E-state index contributed by atoms with van der Waals surface area (Å²) in [6, 6.07) is 13.3. The summed E-state index contributed by atoms with van der Waals surface area (Å²) in [5, 5.41) is 2.73. The minimum absolute atomic E-state index is 0.0130. The number of hydrogen-bond donors (Lipinski definition) is 2. The highest BCUT2D eigenvalue weighted by molar-refractivity contribution is 7.92. The van der Waals surface area contributed by atoms with Crippen molar-refractivity contribution in [2.75, 3.05) is 23.1 Å². The topological polar surface area (TPSA) is 121 Å². The Labute approximate surface area is 196 Å². The molecular weight excluding hydrogens is 461 g/mol. The summed E-state index contributed by atoms with van der Waals surface area (Å²) in [4.78, 5) is 34.3. The van der Waals surface area contributed by atoms with E-state index in [0.717, 1.165) is 5.56 Å². The first-order valence-electron chi connectivity index (χ1n) is 10.5. The van der Waals surface area contributed by atoms with E-state index in [0.29, 0.717) is 25.2 Å². The number of aromatic nitrogens is 2. The predicted octanol–water partition coefficient (Wildman–Crippen LogP) is 2.45. The van der Waals surface area contributed by atoms with E-state index in [2.05, 4.69) is 20.0 Å². The largest absolute Gasteiger partial charge is 0.342 e. The van der Waals surface area contributed by atoms with Gasteiger partial charge in [-0.2, -0.15) is 0 Å². The van der Waals surface area contributed by atoms with Crippen LogP contribution in [0.1, 0.15) is 12.0 Å². The zero-order chi connectivity index (χ0) is 24.1. The molecular formula is C23H22FN5O4S. The van der Waals surface area contributed by atoms with E-state index >= 15 is 0 Å². The molecule has 0 radical (unpaired) electrons. The standard InChI is InChI=1S/C23H22FN5O4S/c24-18-4-2-16(3-5-18)10-13-29-15-17(14-21(29)30)22(31)27-19-6-8-20(9-7-19)34(32,33)28-23-25-11-1-12-26-23/h1-9,11-12,17H,10,13-15H2,(H,27,31)(H,25,26,28). The summed E-state index contributed by atoms with van der Waals surface area (Å²) in [5.74, 6) is -1.30. The second-order valence-corrected chi connectivity index (χ2v) is 9.49. The Morgan fingerprint density at radius 2 is 1.74 bits per heavy atom. The Morgan fingerprint density at radius 1 is 1.06 bits per heavy atom. The molecule has 1 saturated heterocycles. The van der Waals surface area contributed by atoms with Gasteiger partial charge >= 0.3 is 0 Å². The average Bonchev–Trinajstić information content (AvgIpc) is 3.20. The zero-order valence-electron chi connectivity index (χ0n) is 18.0. The van der Waals surface area contributed by atoms with Crippen molar-refractivity contribution in [3.05, 3.63) is 78.4 Å². The lowest BCUT2D eigenvalue weighted by Crippen LogP contribution is -2.30. The molecule has 0 bridgehead atoms. The lowest BCUT2D eigenvalue weighted by molar-refractivity contribution is -0.128. The number of hydrogen-bond acceptors (Lipinski definition) is 6. The minimum Gasteiger partial charge on any atom is -0.342 e. The fourth-order valence-corrected chi connectivity index (χ4v) is 4.53.